The zero-order chi connectivity index (χ0) is 15.9. The SMILES string of the molecule is CCNC(=NCc1cc(C(C)C)no1)NCc1ccc(Br)s1.I. The summed E-state index contributed by atoms with van der Waals surface area (Å²) >= 11 is 5.18. The number of rotatable bonds is 6. The van der Waals surface area contributed by atoms with Crippen LogP contribution in [0.2, 0.25) is 0 Å². The zero-order valence-electron chi connectivity index (χ0n) is 13.4. The van der Waals surface area contributed by atoms with Crippen LogP contribution in [0.1, 0.15) is 43.0 Å². The first-order valence-corrected chi connectivity index (χ1v) is 8.91. The summed E-state index contributed by atoms with van der Waals surface area (Å²) < 4.78 is 6.44. The van der Waals surface area contributed by atoms with Crippen molar-refractivity contribution < 1.29 is 4.52 Å². The summed E-state index contributed by atoms with van der Waals surface area (Å²) in [7, 11) is 0. The van der Waals surface area contributed by atoms with Crippen molar-refractivity contribution in [1.82, 2.24) is 15.8 Å². The van der Waals surface area contributed by atoms with E-state index in [4.69, 9.17) is 4.52 Å². The highest BCUT2D eigenvalue weighted by Crippen LogP contribution is 2.21. The van der Waals surface area contributed by atoms with Gasteiger partial charge in [0, 0.05) is 17.5 Å². The normalized spacial score (nSPS) is 11.4. The zero-order valence-corrected chi connectivity index (χ0v) is 18.2. The van der Waals surface area contributed by atoms with Gasteiger partial charge in [-0.15, -0.1) is 35.3 Å². The van der Waals surface area contributed by atoms with Crippen LogP contribution in [0.5, 0.6) is 0 Å². The van der Waals surface area contributed by atoms with Crippen molar-refractivity contribution in [2.45, 2.75) is 39.8 Å². The number of aliphatic imine (C=N–C) groups is 1. The molecule has 0 amide bonds. The van der Waals surface area contributed by atoms with Gasteiger partial charge in [0.05, 0.1) is 16.0 Å². The Morgan fingerprint density at radius 1 is 1.39 bits per heavy atom. The molecule has 2 aromatic heterocycles. The van der Waals surface area contributed by atoms with Crippen molar-refractivity contribution >= 4 is 57.2 Å². The van der Waals surface area contributed by atoms with Gasteiger partial charge in [0.1, 0.15) is 6.54 Å². The molecule has 128 valence electrons. The van der Waals surface area contributed by atoms with Crippen molar-refractivity contribution in [1.29, 1.82) is 0 Å². The number of thiophene rings is 1. The predicted molar refractivity (Wildman–Crippen MR) is 110 cm³/mol. The van der Waals surface area contributed by atoms with E-state index in [2.05, 4.69) is 56.6 Å². The molecule has 0 aliphatic heterocycles. The maximum absolute atomic E-state index is 5.30. The molecular weight excluding hydrogens is 491 g/mol. The largest absolute Gasteiger partial charge is 0.359 e. The average molecular weight is 513 g/mol. The lowest BCUT2D eigenvalue weighted by Gasteiger charge is -2.09. The quantitative estimate of drug-likeness (QED) is 0.340. The average Bonchev–Trinajstić information content (AvgIpc) is 3.11. The lowest BCUT2D eigenvalue weighted by atomic mass is 10.1. The first-order valence-electron chi connectivity index (χ1n) is 7.30. The Balaban J connectivity index is 0.00000264. The van der Waals surface area contributed by atoms with E-state index in [9.17, 15) is 0 Å². The van der Waals surface area contributed by atoms with Gasteiger partial charge in [-0.25, -0.2) is 4.99 Å². The van der Waals surface area contributed by atoms with Crippen molar-refractivity contribution in [2.75, 3.05) is 6.54 Å². The van der Waals surface area contributed by atoms with E-state index in [1.165, 1.54) is 4.88 Å². The van der Waals surface area contributed by atoms with Crippen LogP contribution in [-0.4, -0.2) is 17.7 Å². The van der Waals surface area contributed by atoms with E-state index >= 15 is 0 Å². The van der Waals surface area contributed by atoms with Gasteiger partial charge < -0.3 is 15.2 Å². The summed E-state index contributed by atoms with van der Waals surface area (Å²) in [5, 5.41) is 10.6. The molecule has 0 saturated carbocycles. The molecule has 0 bridgehead atoms. The molecule has 0 aliphatic carbocycles. The smallest absolute Gasteiger partial charge is 0.191 e. The first-order chi connectivity index (χ1) is 10.6. The minimum absolute atomic E-state index is 0. The molecule has 2 heterocycles. The molecule has 0 unspecified atom stereocenters. The van der Waals surface area contributed by atoms with E-state index in [1.54, 1.807) is 11.3 Å². The van der Waals surface area contributed by atoms with Gasteiger partial charge >= 0.3 is 0 Å². The summed E-state index contributed by atoms with van der Waals surface area (Å²) in [4.78, 5) is 5.78. The Morgan fingerprint density at radius 3 is 2.74 bits per heavy atom. The van der Waals surface area contributed by atoms with Gasteiger partial charge in [0.25, 0.3) is 0 Å². The van der Waals surface area contributed by atoms with Crippen LogP contribution in [0, 0.1) is 0 Å². The van der Waals surface area contributed by atoms with Crippen molar-refractivity contribution in [3.05, 3.63) is 38.3 Å². The highest BCUT2D eigenvalue weighted by Gasteiger charge is 2.07. The minimum atomic E-state index is 0. The van der Waals surface area contributed by atoms with Crippen LogP contribution in [0.25, 0.3) is 0 Å². The molecule has 0 aliphatic rings. The molecule has 8 heteroatoms. The maximum Gasteiger partial charge on any atom is 0.191 e. The molecule has 0 radical (unpaired) electrons. The third-order valence-electron chi connectivity index (χ3n) is 2.96. The van der Waals surface area contributed by atoms with E-state index in [-0.39, 0.29) is 24.0 Å². The van der Waals surface area contributed by atoms with Crippen molar-refractivity contribution in [2.24, 2.45) is 4.99 Å². The second-order valence-electron chi connectivity index (χ2n) is 5.13. The van der Waals surface area contributed by atoms with E-state index in [0.29, 0.717) is 12.5 Å². The Bertz CT molecular complexity index is 627. The van der Waals surface area contributed by atoms with Gasteiger partial charge in [-0.2, -0.15) is 0 Å². The molecule has 23 heavy (non-hydrogen) atoms. The first kappa shape index (κ1) is 20.4. The molecule has 0 atom stereocenters. The molecule has 0 aromatic carbocycles. The number of halogens is 2. The van der Waals surface area contributed by atoms with Gasteiger partial charge in [-0.1, -0.05) is 19.0 Å². The number of aromatic nitrogens is 1. The lowest BCUT2D eigenvalue weighted by molar-refractivity contribution is 0.376. The van der Waals surface area contributed by atoms with Crippen molar-refractivity contribution in [3.8, 4) is 0 Å². The summed E-state index contributed by atoms with van der Waals surface area (Å²) in [5.41, 5.74) is 0.964. The monoisotopic (exact) mass is 512 g/mol. The van der Waals surface area contributed by atoms with Crippen molar-refractivity contribution in [3.63, 3.8) is 0 Å². The van der Waals surface area contributed by atoms with E-state index in [1.807, 2.05) is 19.1 Å². The Labute approximate surface area is 166 Å². The fourth-order valence-electron chi connectivity index (χ4n) is 1.79. The summed E-state index contributed by atoms with van der Waals surface area (Å²) in [6, 6.07) is 6.11. The number of nitrogens with zero attached hydrogens (tertiary/aromatic N) is 2. The van der Waals surface area contributed by atoms with Crippen LogP contribution in [0.15, 0.2) is 31.5 Å². The number of hydrogen-bond acceptors (Lipinski definition) is 4. The summed E-state index contributed by atoms with van der Waals surface area (Å²) in [6.45, 7) is 8.27. The van der Waals surface area contributed by atoms with Gasteiger partial charge in [-0.05, 0) is 40.9 Å². The summed E-state index contributed by atoms with van der Waals surface area (Å²) in [5.74, 6) is 1.92. The molecule has 2 rings (SSSR count). The Hall–Kier alpha value is -0.610. The minimum Gasteiger partial charge on any atom is -0.359 e. The predicted octanol–water partition coefficient (Wildman–Crippen LogP) is 4.50. The van der Waals surface area contributed by atoms with Gasteiger partial charge in [0.2, 0.25) is 0 Å². The third-order valence-corrected chi connectivity index (χ3v) is 4.59. The van der Waals surface area contributed by atoms with Crippen LogP contribution < -0.4 is 10.6 Å². The third kappa shape index (κ3) is 6.80. The maximum atomic E-state index is 5.30. The molecule has 0 fully saturated rings. The molecular formula is C15H22BrIN4OS. The second-order valence-corrected chi connectivity index (χ2v) is 7.67. The molecule has 0 spiro atoms. The summed E-state index contributed by atoms with van der Waals surface area (Å²) in [6.07, 6.45) is 0. The number of guanidine groups is 1. The lowest BCUT2D eigenvalue weighted by Crippen LogP contribution is -2.36. The van der Waals surface area contributed by atoms with Crippen LogP contribution in [-0.2, 0) is 13.1 Å². The molecule has 2 aromatic rings. The highest BCUT2D eigenvalue weighted by molar-refractivity contribution is 14.0. The van der Waals surface area contributed by atoms with E-state index < -0.39 is 0 Å². The fraction of sp³-hybridized carbons (Fsp3) is 0.467. The standard InChI is InChI=1S/C15H21BrN4OS.HI/c1-4-17-15(19-9-12-5-6-14(16)22-12)18-8-11-7-13(10(2)3)20-21-11;/h5-7,10H,4,8-9H2,1-3H3,(H2,17,18,19);1H. The fourth-order valence-corrected chi connectivity index (χ4v) is 3.21. The molecule has 2 N–H and O–H groups in total. The van der Waals surface area contributed by atoms with Crippen LogP contribution >= 0.6 is 51.2 Å². The van der Waals surface area contributed by atoms with Crippen LogP contribution in [0.3, 0.4) is 0 Å². The Morgan fingerprint density at radius 2 is 2.17 bits per heavy atom. The van der Waals surface area contributed by atoms with Gasteiger partial charge in [-0.3, -0.25) is 0 Å². The highest BCUT2D eigenvalue weighted by atomic mass is 127. The number of hydrogen-bond donors (Lipinski definition) is 2. The Kier molecular flexibility index (Phi) is 9.15. The topological polar surface area (TPSA) is 62.5 Å². The molecule has 5 nitrogen and oxygen atoms in total. The van der Waals surface area contributed by atoms with Crippen LogP contribution in [0.4, 0.5) is 0 Å². The second kappa shape index (κ2) is 10.3. The van der Waals surface area contributed by atoms with Gasteiger partial charge in [0.15, 0.2) is 11.7 Å². The number of nitrogens with one attached hydrogen (secondary N) is 2. The van der Waals surface area contributed by atoms with E-state index in [0.717, 1.165) is 34.3 Å². The molecule has 0 saturated heterocycles.